The number of methoxy groups -OCH3 is 1. The fraction of sp³-hybridized carbons (Fsp3) is 0.350. The van der Waals surface area contributed by atoms with Gasteiger partial charge in [-0.15, -0.1) is 12.4 Å². The van der Waals surface area contributed by atoms with E-state index < -0.39 is 12.0 Å². The second-order valence-electron chi connectivity index (χ2n) is 6.56. The Morgan fingerprint density at radius 3 is 2.34 bits per heavy atom. The molecule has 0 aromatic heterocycles. The Balaban J connectivity index is 0.00000420. The Morgan fingerprint density at radius 2 is 1.72 bits per heavy atom. The van der Waals surface area contributed by atoms with Gasteiger partial charge in [0.1, 0.15) is 5.75 Å². The maximum atomic E-state index is 12.2. The van der Waals surface area contributed by atoms with Crippen molar-refractivity contribution in [2.24, 2.45) is 11.7 Å². The van der Waals surface area contributed by atoms with Gasteiger partial charge in [0.25, 0.3) is 0 Å². The van der Waals surface area contributed by atoms with Gasteiger partial charge in [-0.1, -0.05) is 38.1 Å². The molecule has 0 bridgehead atoms. The predicted octanol–water partition coefficient (Wildman–Crippen LogP) is 1.85. The summed E-state index contributed by atoms with van der Waals surface area (Å²) in [5, 5.41) is 6.77. The van der Waals surface area contributed by atoms with Gasteiger partial charge in [0.15, 0.2) is 6.61 Å². The van der Waals surface area contributed by atoms with Crippen molar-refractivity contribution in [1.29, 1.82) is 0 Å². The summed E-state index contributed by atoms with van der Waals surface area (Å²) in [5.74, 6) is -0.768. The maximum Gasteiger partial charge on any atom is 0.343 e. The fourth-order valence-corrected chi connectivity index (χ4v) is 2.48. The number of nitrogens with one attached hydrogen (secondary N) is 2. The molecular formula is C20H26ClN3O5. The lowest BCUT2D eigenvalue weighted by atomic mass is 10.1. The van der Waals surface area contributed by atoms with Gasteiger partial charge in [0.2, 0.25) is 11.8 Å². The lowest BCUT2D eigenvalue weighted by molar-refractivity contribution is -0.142. The molecule has 8 nitrogen and oxygen atoms in total. The van der Waals surface area contributed by atoms with Crippen LogP contribution in [0.5, 0.6) is 5.75 Å². The Bertz CT molecular complexity index is 872. The lowest BCUT2D eigenvalue weighted by Crippen LogP contribution is -2.46. The second-order valence-corrected chi connectivity index (χ2v) is 6.56. The van der Waals surface area contributed by atoms with Crippen LogP contribution in [0.2, 0.25) is 0 Å². The minimum absolute atomic E-state index is 0. The van der Waals surface area contributed by atoms with Crippen LogP contribution in [0.1, 0.15) is 13.8 Å². The third-order valence-corrected chi connectivity index (χ3v) is 4.18. The molecule has 4 N–H and O–H groups in total. The molecule has 29 heavy (non-hydrogen) atoms. The molecule has 9 heteroatoms. The SMILES string of the molecule is COC(=O)COc1ccc(NC(=O)CNC(=O)[C@@H](N)C(C)C)c2ccccc12.Cl. The maximum absolute atomic E-state index is 12.2. The van der Waals surface area contributed by atoms with Crippen LogP contribution < -0.4 is 21.1 Å². The standard InChI is InChI=1S/C20H25N3O5.ClH/c1-12(2)19(21)20(26)22-10-17(24)23-15-8-9-16(28-11-18(25)27-3)14-7-5-4-6-13(14)15;/h4-9,12,19H,10-11,21H2,1-3H3,(H,22,26)(H,23,24);1H/t19-;/m0./s1. The number of carbonyl (C=O) groups excluding carboxylic acids is 3. The first-order valence-corrected chi connectivity index (χ1v) is 8.88. The molecule has 2 rings (SSSR count). The molecule has 2 aromatic carbocycles. The van der Waals surface area contributed by atoms with E-state index in [9.17, 15) is 14.4 Å². The minimum atomic E-state index is -0.667. The number of anilines is 1. The van der Waals surface area contributed by atoms with Crippen molar-refractivity contribution in [3.05, 3.63) is 36.4 Å². The number of fused-ring (bicyclic) bond motifs is 1. The van der Waals surface area contributed by atoms with E-state index in [4.69, 9.17) is 10.5 Å². The van der Waals surface area contributed by atoms with Crippen LogP contribution in [-0.2, 0) is 19.1 Å². The van der Waals surface area contributed by atoms with Crippen molar-refractivity contribution in [2.45, 2.75) is 19.9 Å². The number of halogens is 1. The van der Waals surface area contributed by atoms with E-state index in [-0.39, 0.29) is 43.3 Å². The molecule has 0 saturated heterocycles. The average Bonchev–Trinajstić information content (AvgIpc) is 2.70. The molecule has 0 aliphatic rings. The fourth-order valence-electron chi connectivity index (χ4n) is 2.48. The van der Waals surface area contributed by atoms with Gasteiger partial charge in [-0.3, -0.25) is 9.59 Å². The van der Waals surface area contributed by atoms with Gasteiger partial charge >= 0.3 is 5.97 Å². The molecule has 0 fully saturated rings. The first-order chi connectivity index (χ1) is 13.3. The Labute approximate surface area is 175 Å². The molecule has 0 aliphatic carbocycles. The van der Waals surface area contributed by atoms with Crippen molar-refractivity contribution in [1.82, 2.24) is 5.32 Å². The van der Waals surface area contributed by atoms with E-state index >= 15 is 0 Å². The zero-order chi connectivity index (χ0) is 20.7. The summed E-state index contributed by atoms with van der Waals surface area (Å²) in [4.78, 5) is 35.4. The normalized spacial score (nSPS) is 11.3. The lowest BCUT2D eigenvalue weighted by Gasteiger charge is -2.16. The highest BCUT2D eigenvalue weighted by Crippen LogP contribution is 2.31. The topological polar surface area (TPSA) is 120 Å². The number of carbonyl (C=O) groups is 3. The van der Waals surface area contributed by atoms with Crippen molar-refractivity contribution in [2.75, 3.05) is 25.6 Å². The van der Waals surface area contributed by atoms with Gasteiger partial charge in [-0.2, -0.15) is 0 Å². The number of hydrogen-bond donors (Lipinski definition) is 3. The number of nitrogens with two attached hydrogens (primary N) is 1. The van der Waals surface area contributed by atoms with Gasteiger partial charge in [0.05, 0.1) is 19.7 Å². The number of benzene rings is 2. The minimum Gasteiger partial charge on any atom is -0.481 e. The molecule has 0 unspecified atom stereocenters. The number of esters is 1. The number of rotatable bonds is 8. The smallest absolute Gasteiger partial charge is 0.343 e. The van der Waals surface area contributed by atoms with Crippen LogP contribution in [0.4, 0.5) is 5.69 Å². The van der Waals surface area contributed by atoms with Crippen LogP contribution in [0.15, 0.2) is 36.4 Å². The molecule has 2 amide bonds. The van der Waals surface area contributed by atoms with Gasteiger partial charge in [-0.05, 0) is 18.1 Å². The van der Waals surface area contributed by atoms with E-state index in [0.717, 1.165) is 10.8 Å². The number of amides is 2. The Morgan fingerprint density at radius 1 is 1.07 bits per heavy atom. The van der Waals surface area contributed by atoms with E-state index in [1.54, 1.807) is 12.1 Å². The van der Waals surface area contributed by atoms with E-state index in [0.29, 0.717) is 11.4 Å². The highest BCUT2D eigenvalue weighted by Gasteiger charge is 2.18. The van der Waals surface area contributed by atoms with Gasteiger partial charge < -0.3 is 25.8 Å². The van der Waals surface area contributed by atoms with Crippen molar-refractivity contribution < 1.29 is 23.9 Å². The Kier molecular flexibility index (Phi) is 9.37. The largest absolute Gasteiger partial charge is 0.481 e. The molecule has 0 saturated carbocycles. The van der Waals surface area contributed by atoms with Crippen molar-refractivity contribution in [3.63, 3.8) is 0 Å². The number of ether oxygens (including phenoxy) is 2. The summed E-state index contributed by atoms with van der Waals surface area (Å²) in [5.41, 5.74) is 6.32. The van der Waals surface area contributed by atoms with Crippen LogP contribution in [0.3, 0.4) is 0 Å². The summed E-state index contributed by atoms with van der Waals surface area (Å²) in [6, 6.07) is 9.96. The predicted molar refractivity (Wildman–Crippen MR) is 113 cm³/mol. The van der Waals surface area contributed by atoms with E-state index in [2.05, 4.69) is 15.4 Å². The zero-order valence-corrected chi connectivity index (χ0v) is 17.4. The average molecular weight is 424 g/mol. The first kappa shape index (κ1) is 24.2. The van der Waals surface area contributed by atoms with Crippen LogP contribution >= 0.6 is 12.4 Å². The third-order valence-electron chi connectivity index (χ3n) is 4.18. The summed E-state index contributed by atoms with van der Waals surface area (Å²) in [6.45, 7) is 3.27. The summed E-state index contributed by atoms with van der Waals surface area (Å²) >= 11 is 0. The van der Waals surface area contributed by atoms with Crippen LogP contribution in [0, 0.1) is 5.92 Å². The van der Waals surface area contributed by atoms with E-state index in [1.807, 2.05) is 38.1 Å². The van der Waals surface area contributed by atoms with Crippen LogP contribution in [-0.4, -0.2) is 44.1 Å². The highest BCUT2D eigenvalue weighted by molar-refractivity contribution is 6.05. The van der Waals surface area contributed by atoms with Crippen molar-refractivity contribution >= 4 is 46.7 Å². The molecular weight excluding hydrogens is 398 g/mol. The number of hydrogen-bond acceptors (Lipinski definition) is 6. The van der Waals surface area contributed by atoms with Gasteiger partial charge in [0, 0.05) is 16.5 Å². The molecule has 0 spiro atoms. The molecule has 0 radical (unpaired) electrons. The first-order valence-electron chi connectivity index (χ1n) is 8.88. The van der Waals surface area contributed by atoms with Crippen molar-refractivity contribution in [3.8, 4) is 5.75 Å². The Hall–Kier alpha value is -2.84. The molecule has 2 aromatic rings. The quantitative estimate of drug-likeness (QED) is 0.557. The second kappa shape index (κ2) is 11.2. The molecule has 1 atom stereocenters. The van der Waals surface area contributed by atoms with E-state index in [1.165, 1.54) is 7.11 Å². The summed E-state index contributed by atoms with van der Waals surface area (Å²) in [7, 11) is 1.29. The monoisotopic (exact) mass is 423 g/mol. The molecule has 158 valence electrons. The molecule has 0 heterocycles. The highest BCUT2D eigenvalue weighted by atomic mass is 35.5. The molecule has 0 aliphatic heterocycles. The summed E-state index contributed by atoms with van der Waals surface area (Å²) < 4.78 is 10.1. The zero-order valence-electron chi connectivity index (χ0n) is 16.6. The third kappa shape index (κ3) is 6.62. The van der Waals surface area contributed by atoms with Gasteiger partial charge in [-0.25, -0.2) is 4.79 Å². The van der Waals surface area contributed by atoms with Crippen LogP contribution in [0.25, 0.3) is 10.8 Å². The summed E-state index contributed by atoms with van der Waals surface area (Å²) in [6.07, 6.45) is 0.